The molecule has 0 aliphatic rings. The van der Waals surface area contributed by atoms with Crippen molar-refractivity contribution in [3.63, 3.8) is 0 Å². The summed E-state index contributed by atoms with van der Waals surface area (Å²) in [7, 11) is 0. The zero-order chi connectivity index (χ0) is 14.8. The number of benzene rings is 1. The van der Waals surface area contributed by atoms with Crippen LogP contribution in [0.4, 0.5) is 0 Å². The molecule has 0 aliphatic heterocycles. The summed E-state index contributed by atoms with van der Waals surface area (Å²) in [6, 6.07) is 9.04. The molecule has 1 rings (SSSR count). The zero-order valence-corrected chi connectivity index (χ0v) is 13.0. The average molecular weight is 313 g/mol. The van der Waals surface area contributed by atoms with Crippen LogP contribution in [-0.2, 0) is 9.59 Å². The maximum absolute atomic E-state index is 11.7. The summed E-state index contributed by atoms with van der Waals surface area (Å²) in [4.78, 5) is 23.8. The number of nitrogens with one attached hydrogen (secondary N) is 1. The van der Waals surface area contributed by atoms with Crippen molar-refractivity contribution in [3.8, 4) is 0 Å². The highest BCUT2D eigenvalue weighted by Crippen LogP contribution is 2.17. The monoisotopic (exact) mass is 313 g/mol. The molecule has 20 heavy (non-hydrogen) atoms. The largest absolute Gasteiger partial charge is 0.480 e. The van der Waals surface area contributed by atoms with Crippen LogP contribution in [0, 0.1) is 0 Å². The van der Waals surface area contributed by atoms with Gasteiger partial charge in [0.2, 0.25) is 5.91 Å². The molecule has 0 saturated heterocycles. The van der Waals surface area contributed by atoms with Crippen molar-refractivity contribution in [2.24, 2.45) is 0 Å². The van der Waals surface area contributed by atoms with Gasteiger partial charge in [-0.25, -0.2) is 4.79 Å². The molecule has 110 valence electrons. The third kappa shape index (κ3) is 6.86. The Morgan fingerprint density at radius 2 is 1.95 bits per heavy atom. The highest BCUT2D eigenvalue weighted by atomic mass is 32.2. The number of carboxylic acids is 1. The first-order valence-corrected chi connectivity index (χ1v) is 8.70. The Kier molecular flexibility index (Phi) is 8.22. The lowest BCUT2D eigenvalue weighted by atomic mass is 10.2. The van der Waals surface area contributed by atoms with Crippen LogP contribution in [0.25, 0.3) is 0 Å². The second-order valence-electron chi connectivity index (χ2n) is 4.15. The number of thioether (sulfide) groups is 2. The molecule has 1 aromatic carbocycles. The van der Waals surface area contributed by atoms with E-state index in [0.29, 0.717) is 18.6 Å². The molecule has 1 amide bonds. The lowest BCUT2D eigenvalue weighted by molar-refractivity contribution is -0.141. The lowest BCUT2D eigenvalue weighted by Crippen LogP contribution is -2.41. The van der Waals surface area contributed by atoms with Crippen LogP contribution < -0.4 is 5.32 Å². The van der Waals surface area contributed by atoms with E-state index in [4.69, 9.17) is 5.11 Å². The summed E-state index contributed by atoms with van der Waals surface area (Å²) in [6.45, 7) is 0. The van der Waals surface area contributed by atoms with Crippen molar-refractivity contribution in [2.75, 3.05) is 17.8 Å². The van der Waals surface area contributed by atoms with Gasteiger partial charge in [0.15, 0.2) is 0 Å². The highest BCUT2D eigenvalue weighted by Gasteiger charge is 2.18. The van der Waals surface area contributed by atoms with E-state index >= 15 is 0 Å². The molecule has 0 aromatic heterocycles. The summed E-state index contributed by atoms with van der Waals surface area (Å²) in [6.07, 6.45) is 2.69. The van der Waals surface area contributed by atoms with Gasteiger partial charge in [0, 0.05) is 17.1 Å². The van der Waals surface area contributed by atoms with Crippen LogP contribution >= 0.6 is 23.5 Å². The molecule has 1 unspecified atom stereocenters. The maximum atomic E-state index is 11.7. The molecule has 0 aliphatic carbocycles. The molecule has 1 aromatic rings. The molecular formula is C14H19NO3S2. The normalized spacial score (nSPS) is 11.8. The Hall–Kier alpha value is -1.14. The van der Waals surface area contributed by atoms with Gasteiger partial charge in [-0.15, -0.1) is 11.8 Å². The average Bonchev–Trinajstić information content (AvgIpc) is 2.44. The fourth-order valence-corrected chi connectivity index (χ4v) is 2.88. The van der Waals surface area contributed by atoms with Crippen LogP contribution in [0.15, 0.2) is 35.2 Å². The molecule has 0 radical (unpaired) electrons. The fraction of sp³-hybridized carbons (Fsp3) is 0.429. The lowest BCUT2D eigenvalue weighted by Gasteiger charge is -2.13. The quantitative estimate of drug-likeness (QED) is 0.686. The Bertz CT molecular complexity index is 426. The van der Waals surface area contributed by atoms with Crippen LogP contribution in [-0.4, -0.2) is 40.8 Å². The number of carbonyl (C=O) groups excluding carboxylic acids is 1. The van der Waals surface area contributed by atoms with E-state index in [9.17, 15) is 9.59 Å². The van der Waals surface area contributed by atoms with Gasteiger partial charge in [-0.2, -0.15) is 11.8 Å². The van der Waals surface area contributed by atoms with E-state index in [1.807, 2.05) is 36.6 Å². The first-order chi connectivity index (χ1) is 9.63. The number of hydrogen-bond acceptors (Lipinski definition) is 4. The first kappa shape index (κ1) is 16.9. The van der Waals surface area contributed by atoms with Gasteiger partial charge in [-0.3, -0.25) is 4.79 Å². The van der Waals surface area contributed by atoms with Crippen molar-refractivity contribution in [2.45, 2.75) is 23.8 Å². The number of rotatable bonds is 9. The van der Waals surface area contributed by atoms with E-state index in [-0.39, 0.29) is 5.91 Å². The number of carboxylic acid groups (broad SMARTS) is 1. The second-order valence-corrected chi connectivity index (χ2v) is 6.31. The molecule has 0 saturated carbocycles. The predicted molar refractivity (Wildman–Crippen MR) is 84.3 cm³/mol. The zero-order valence-electron chi connectivity index (χ0n) is 11.4. The van der Waals surface area contributed by atoms with Gasteiger partial charge in [0.1, 0.15) is 6.04 Å². The van der Waals surface area contributed by atoms with Gasteiger partial charge in [-0.1, -0.05) is 18.2 Å². The fourth-order valence-electron chi connectivity index (χ4n) is 1.54. The van der Waals surface area contributed by atoms with Crippen LogP contribution in [0.2, 0.25) is 0 Å². The van der Waals surface area contributed by atoms with Crippen molar-refractivity contribution in [1.29, 1.82) is 0 Å². The topological polar surface area (TPSA) is 66.4 Å². The standard InChI is InChI=1S/C14H19NO3S2/c1-19-9-7-12(14(17)18)15-13(16)8-10-20-11-5-3-2-4-6-11/h2-6,12H,7-10H2,1H3,(H,15,16)(H,17,18). The van der Waals surface area contributed by atoms with Gasteiger partial charge < -0.3 is 10.4 Å². The minimum Gasteiger partial charge on any atom is -0.480 e. The van der Waals surface area contributed by atoms with Crippen molar-refractivity contribution in [1.82, 2.24) is 5.32 Å². The summed E-state index contributed by atoms with van der Waals surface area (Å²) in [5.41, 5.74) is 0. The van der Waals surface area contributed by atoms with E-state index in [1.54, 1.807) is 23.5 Å². The van der Waals surface area contributed by atoms with Gasteiger partial charge in [0.05, 0.1) is 0 Å². The second kappa shape index (κ2) is 9.72. The summed E-state index contributed by atoms with van der Waals surface area (Å²) in [5, 5.41) is 11.6. The van der Waals surface area contributed by atoms with E-state index < -0.39 is 12.0 Å². The number of amides is 1. The Morgan fingerprint density at radius 3 is 2.55 bits per heavy atom. The first-order valence-electron chi connectivity index (χ1n) is 6.32. The molecule has 0 heterocycles. The maximum Gasteiger partial charge on any atom is 0.326 e. The number of aliphatic carboxylic acids is 1. The van der Waals surface area contributed by atoms with E-state index in [0.717, 1.165) is 10.6 Å². The Balaban J connectivity index is 2.29. The number of carbonyl (C=O) groups is 2. The van der Waals surface area contributed by atoms with Crippen LogP contribution in [0.1, 0.15) is 12.8 Å². The van der Waals surface area contributed by atoms with E-state index in [2.05, 4.69) is 5.32 Å². The summed E-state index contributed by atoms with van der Waals surface area (Å²) >= 11 is 3.16. The minimum atomic E-state index is -0.969. The van der Waals surface area contributed by atoms with Crippen molar-refractivity contribution < 1.29 is 14.7 Å². The van der Waals surface area contributed by atoms with Crippen molar-refractivity contribution >= 4 is 35.4 Å². The molecule has 4 nitrogen and oxygen atoms in total. The predicted octanol–water partition coefficient (Wildman–Crippen LogP) is 2.49. The minimum absolute atomic E-state index is 0.207. The molecular weight excluding hydrogens is 294 g/mol. The summed E-state index contributed by atoms with van der Waals surface area (Å²) < 4.78 is 0. The Morgan fingerprint density at radius 1 is 1.25 bits per heavy atom. The van der Waals surface area contributed by atoms with Gasteiger partial charge >= 0.3 is 5.97 Å². The number of hydrogen-bond donors (Lipinski definition) is 2. The third-order valence-electron chi connectivity index (χ3n) is 2.59. The van der Waals surface area contributed by atoms with Crippen LogP contribution in [0.3, 0.4) is 0 Å². The van der Waals surface area contributed by atoms with E-state index in [1.165, 1.54) is 0 Å². The molecule has 0 spiro atoms. The van der Waals surface area contributed by atoms with Crippen molar-refractivity contribution in [3.05, 3.63) is 30.3 Å². The molecule has 0 bridgehead atoms. The Labute approximate surface area is 127 Å². The molecule has 0 fully saturated rings. The van der Waals surface area contributed by atoms with Crippen LogP contribution in [0.5, 0.6) is 0 Å². The smallest absolute Gasteiger partial charge is 0.326 e. The molecule has 2 N–H and O–H groups in total. The SMILES string of the molecule is CSCCC(NC(=O)CCSc1ccccc1)C(=O)O. The molecule has 6 heteroatoms. The summed E-state index contributed by atoms with van der Waals surface area (Å²) in [5.74, 6) is 0.186. The van der Waals surface area contributed by atoms with Gasteiger partial charge in [-0.05, 0) is 30.6 Å². The highest BCUT2D eigenvalue weighted by molar-refractivity contribution is 7.99. The van der Waals surface area contributed by atoms with Gasteiger partial charge in [0.25, 0.3) is 0 Å². The third-order valence-corrected chi connectivity index (χ3v) is 4.24. The molecule has 1 atom stereocenters.